The van der Waals surface area contributed by atoms with Crippen LogP contribution in [0.4, 0.5) is 0 Å². The zero-order valence-electron chi connectivity index (χ0n) is 11.2. The summed E-state index contributed by atoms with van der Waals surface area (Å²) in [5, 5.41) is 7.54. The zero-order chi connectivity index (χ0) is 12.6. The number of nitrogens with zero attached hydrogens (tertiary/aromatic N) is 1. The fourth-order valence-electron chi connectivity index (χ4n) is 2.12. The molecule has 0 aromatic heterocycles. The van der Waals surface area contributed by atoms with Crippen molar-refractivity contribution in [2.24, 2.45) is 22.6 Å². The Morgan fingerprint density at radius 1 is 1.19 bits per heavy atom. The van der Waals surface area contributed by atoms with Crippen molar-refractivity contribution in [3.8, 4) is 0 Å². The maximum absolute atomic E-state index is 7.54. The van der Waals surface area contributed by atoms with Crippen LogP contribution in [0.2, 0.25) is 0 Å². The molecule has 0 aromatic rings. The van der Waals surface area contributed by atoms with Crippen LogP contribution in [0.3, 0.4) is 0 Å². The van der Waals surface area contributed by atoms with Crippen molar-refractivity contribution in [3.63, 3.8) is 0 Å². The lowest BCUT2D eigenvalue weighted by atomic mass is 9.80. The topological polar surface area (TPSA) is 62.2 Å². The molecule has 16 heavy (non-hydrogen) atoms. The van der Waals surface area contributed by atoms with Crippen LogP contribution >= 0.6 is 0 Å². The Labute approximate surface area is 100 Å². The van der Waals surface area contributed by atoms with Gasteiger partial charge in [0, 0.05) is 11.8 Å². The first-order chi connectivity index (χ1) is 7.70. The summed E-state index contributed by atoms with van der Waals surface area (Å²) in [6, 6.07) is 0. The summed E-state index contributed by atoms with van der Waals surface area (Å²) < 4.78 is 0. The van der Waals surface area contributed by atoms with E-state index in [0.29, 0.717) is 23.5 Å². The lowest BCUT2D eigenvalue weighted by Crippen LogP contribution is -2.28. The van der Waals surface area contributed by atoms with Crippen molar-refractivity contribution >= 4 is 11.7 Å². The smallest absolute Gasteiger partial charge is 0.126 e. The standard InChI is InChI=1S/C8H13N3.C3H8.C2H6/c9-7-5-3-1-2-4-6(5)8(10)11-7;1-3-2;1-2/h5-6H,1-4H2,(H3,9,10,11);3H2,1-2H3;1-2H3/t5-,6?;;/m0../s1. The van der Waals surface area contributed by atoms with Gasteiger partial charge in [-0.1, -0.05) is 47.0 Å². The van der Waals surface area contributed by atoms with E-state index in [1.54, 1.807) is 0 Å². The molecule has 2 aliphatic rings. The van der Waals surface area contributed by atoms with E-state index in [1.165, 1.54) is 19.3 Å². The Bertz CT molecular complexity index is 233. The SMILES string of the molecule is CC.CCC.N=C1N=C(N)C2CCCC[C@H]12. The maximum atomic E-state index is 7.54. The Morgan fingerprint density at radius 2 is 1.62 bits per heavy atom. The van der Waals surface area contributed by atoms with Crippen molar-refractivity contribution in [1.82, 2.24) is 0 Å². The van der Waals surface area contributed by atoms with Crippen LogP contribution in [0.5, 0.6) is 0 Å². The Kier molecular flexibility index (Phi) is 7.86. The van der Waals surface area contributed by atoms with Crippen LogP contribution in [-0.4, -0.2) is 11.7 Å². The van der Waals surface area contributed by atoms with Crippen molar-refractivity contribution in [1.29, 1.82) is 5.41 Å². The zero-order valence-corrected chi connectivity index (χ0v) is 11.2. The summed E-state index contributed by atoms with van der Waals surface area (Å²) in [6.45, 7) is 8.25. The monoisotopic (exact) mass is 225 g/mol. The first kappa shape index (κ1) is 15.1. The lowest BCUT2D eigenvalue weighted by molar-refractivity contribution is 0.382. The predicted molar refractivity (Wildman–Crippen MR) is 72.1 cm³/mol. The average molecular weight is 225 g/mol. The maximum Gasteiger partial charge on any atom is 0.126 e. The molecule has 3 N–H and O–H groups in total. The second-order valence-corrected chi connectivity index (χ2v) is 4.13. The van der Waals surface area contributed by atoms with Crippen LogP contribution in [0, 0.1) is 17.2 Å². The molecule has 1 aliphatic heterocycles. The number of amidine groups is 2. The highest BCUT2D eigenvalue weighted by Gasteiger charge is 2.35. The van der Waals surface area contributed by atoms with E-state index in [2.05, 4.69) is 18.8 Å². The highest BCUT2D eigenvalue weighted by molar-refractivity contribution is 6.04. The van der Waals surface area contributed by atoms with E-state index in [9.17, 15) is 0 Å². The largest absolute Gasteiger partial charge is 0.387 e. The second-order valence-electron chi connectivity index (χ2n) is 4.13. The molecule has 1 heterocycles. The third-order valence-electron chi connectivity index (χ3n) is 2.75. The van der Waals surface area contributed by atoms with E-state index in [-0.39, 0.29) is 0 Å². The fourth-order valence-corrected chi connectivity index (χ4v) is 2.12. The fraction of sp³-hybridized carbons (Fsp3) is 0.846. The summed E-state index contributed by atoms with van der Waals surface area (Å²) in [4.78, 5) is 4.01. The summed E-state index contributed by atoms with van der Waals surface area (Å²) in [7, 11) is 0. The quantitative estimate of drug-likeness (QED) is 0.650. The summed E-state index contributed by atoms with van der Waals surface area (Å²) in [5.41, 5.74) is 5.69. The van der Waals surface area contributed by atoms with Gasteiger partial charge in [0.25, 0.3) is 0 Å². The van der Waals surface area contributed by atoms with Crippen LogP contribution < -0.4 is 5.73 Å². The molecular weight excluding hydrogens is 198 g/mol. The van der Waals surface area contributed by atoms with Gasteiger partial charge in [0.2, 0.25) is 0 Å². The van der Waals surface area contributed by atoms with Gasteiger partial charge in [-0.2, -0.15) is 0 Å². The van der Waals surface area contributed by atoms with E-state index in [0.717, 1.165) is 12.8 Å². The highest BCUT2D eigenvalue weighted by Crippen LogP contribution is 2.34. The van der Waals surface area contributed by atoms with Crippen LogP contribution in [-0.2, 0) is 0 Å². The second kappa shape index (κ2) is 8.31. The number of aliphatic imine (C=N–C) groups is 1. The summed E-state index contributed by atoms with van der Waals surface area (Å²) in [5.74, 6) is 2.01. The molecule has 0 bridgehead atoms. The Hall–Kier alpha value is -0.860. The predicted octanol–water partition coefficient (Wildman–Crippen LogP) is 3.58. The van der Waals surface area contributed by atoms with E-state index in [1.807, 2.05) is 13.8 Å². The molecule has 1 fully saturated rings. The van der Waals surface area contributed by atoms with Crippen LogP contribution in [0.15, 0.2) is 4.99 Å². The van der Waals surface area contributed by atoms with Gasteiger partial charge in [-0.25, -0.2) is 4.99 Å². The molecule has 0 radical (unpaired) electrons. The minimum absolute atomic E-state index is 0.365. The molecule has 2 atom stereocenters. The minimum atomic E-state index is 0.365. The van der Waals surface area contributed by atoms with E-state index < -0.39 is 0 Å². The number of rotatable bonds is 0. The molecule has 2 rings (SSSR count). The highest BCUT2D eigenvalue weighted by atomic mass is 15.0. The molecule has 0 amide bonds. The van der Waals surface area contributed by atoms with Crippen molar-refractivity contribution < 1.29 is 0 Å². The number of hydrogen-bond donors (Lipinski definition) is 2. The lowest BCUT2D eigenvalue weighted by Gasteiger charge is -2.23. The number of nitrogens with two attached hydrogens (primary N) is 1. The molecule has 3 nitrogen and oxygen atoms in total. The van der Waals surface area contributed by atoms with Gasteiger partial charge in [0.1, 0.15) is 11.7 Å². The third-order valence-corrected chi connectivity index (χ3v) is 2.75. The van der Waals surface area contributed by atoms with Crippen LogP contribution in [0.1, 0.15) is 59.8 Å². The molecule has 1 aliphatic carbocycles. The Balaban J connectivity index is 0.000000394. The first-order valence-electron chi connectivity index (χ1n) is 6.63. The van der Waals surface area contributed by atoms with Crippen molar-refractivity contribution in [3.05, 3.63) is 0 Å². The molecule has 0 spiro atoms. The molecule has 94 valence electrons. The van der Waals surface area contributed by atoms with Gasteiger partial charge in [0.15, 0.2) is 0 Å². The normalized spacial score (nSPS) is 26.8. The summed E-state index contributed by atoms with van der Waals surface area (Å²) in [6.07, 6.45) is 6.01. The number of fused-ring (bicyclic) bond motifs is 1. The molecule has 1 unspecified atom stereocenters. The van der Waals surface area contributed by atoms with Gasteiger partial charge < -0.3 is 5.73 Å². The molecule has 3 heteroatoms. The molecule has 1 saturated carbocycles. The minimum Gasteiger partial charge on any atom is -0.387 e. The van der Waals surface area contributed by atoms with Crippen LogP contribution in [0.25, 0.3) is 0 Å². The average Bonchev–Trinajstić information content (AvgIpc) is 2.60. The van der Waals surface area contributed by atoms with E-state index in [4.69, 9.17) is 11.1 Å². The third kappa shape index (κ3) is 3.95. The van der Waals surface area contributed by atoms with Gasteiger partial charge in [-0.05, 0) is 12.8 Å². The molecule has 0 aromatic carbocycles. The first-order valence-corrected chi connectivity index (χ1v) is 6.63. The van der Waals surface area contributed by atoms with Gasteiger partial charge in [-0.15, -0.1) is 0 Å². The number of hydrogen-bond acceptors (Lipinski definition) is 2. The summed E-state index contributed by atoms with van der Waals surface area (Å²) >= 11 is 0. The van der Waals surface area contributed by atoms with Crippen molar-refractivity contribution in [2.75, 3.05) is 0 Å². The molecule has 0 saturated heterocycles. The van der Waals surface area contributed by atoms with Gasteiger partial charge >= 0.3 is 0 Å². The van der Waals surface area contributed by atoms with Crippen molar-refractivity contribution in [2.45, 2.75) is 59.8 Å². The number of nitrogens with one attached hydrogen (secondary N) is 1. The van der Waals surface area contributed by atoms with E-state index >= 15 is 0 Å². The van der Waals surface area contributed by atoms with Gasteiger partial charge in [0.05, 0.1) is 0 Å². The molecular formula is C13H27N3. The van der Waals surface area contributed by atoms with Gasteiger partial charge in [-0.3, -0.25) is 5.41 Å². The Morgan fingerprint density at radius 3 is 2.06 bits per heavy atom.